The van der Waals surface area contributed by atoms with Crippen molar-refractivity contribution >= 4 is 21.6 Å². The summed E-state index contributed by atoms with van der Waals surface area (Å²) in [5.74, 6) is 0.276. The van der Waals surface area contributed by atoms with Gasteiger partial charge in [-0.25, -0.2) is 13.1 Å². The summed E-state index contributed by atoms with van der Waals surface area (Å²) in [7, 11) is -3.66. The molecule has 1 aromatic heterocycles. The van der Waals surface area contributed by atoms with Gasteiger partial charge in [0.2, 0.25) is 10.0 Å². The number of aromatic nitrogens is 1. The smallest absolute Gasteiger partial charge is 0.246 e. The third kappa shape index (κ3) is 3.03. The van der Waals surface area contributed by atoms with Gasteiger partial charge in [0, 0.05) is 11.6 Å². The lowest BCUT2D eigenvalue weighted by molar-refractivity contribution is 0.390. The molecule has 1 N–H and O–H groups in total. The predicted octanol–water partition coefficient (Wildman–Crippen LogP) is 2.73. The highest BCUT2D eigenvalue weighted by Crippen LogP contribution is 2.20. The van der Waals surface area contributed by atoms with E-state index in [0.29, 0.717) is 10.7 Å². The summed E-state index contributed by atoms with van der Waals surface area (Å²) < 4.78 is 31.9. The Balaban J connectivity index is 2.24. The number of hydrogen-bond donors (Lipinski definition) is 1. The fourth-order valence-electron chi connectivity index (χ4n) is 1.93. The van der Waals surface area contributed by atoms with Gasteiger partial charge in [-0.05, 0) is 44.0 Å². The molecule has 0 aliphatic rings. The van der Waals surface area contributed by atoms with E-state index in [1.807, 2.05) is 13.0 Å². The van der Waals surface area contributed by atoms with Crippen molar-refractivity contribution in [3.8, 4) is 0 Å². The summed E-state index contributed by atoms with van der Waals surface area (Å²) in [4.78, 5) is 0.0946. The molecule has 0 saturated carbocycles. The van der Waals surface area contributed by atoms with Gasteiger partial charge in [0.05, 0.1) is 0 Å². The van der Waals surface area contributed by atoms with Crippen molar-refractivity contribution in [1.29, 1.82) is 0 Å². The van der Waals surface area contributed by atoms with Crippen molar-refractivity contribution in [2.45, 2.75) is 32.2 Å². The predicted molar refractivity (Wildman–Crippen MR) is 76.2 cm³/mol. The van der Waals surface area contributed by atoms with Crippen LogP contribution in [0.25, 0.3) is 0 Å². The number of aryl methyl sites for hydroxylation is 3. The van der Waals surface area contributed by atoms with Crippen LogP contribution in [0.5, 0.6) is 0 Å². The Morgan fingerprint density at radius 1 is 1.30 bits per heavy atom. The Morgan fingerprint density at radius 3 is 2.60 bits per heavy atom. The second kappa shape index (κ2) is 5.55. The second-order valence-corrected chi connectivity index (χ2v) is 6.69. The minimum atomic E-state index is -3.66. The van der Waals surface area contributed by atoms with Crippen LogP contribution in [0.4, 0.5) is 0 Å². The van der Waals surface area contributed by atoms with Crippen LogP contribution in [0.1, 0.15) is 22.6 Å². The zero-order valence-electron chi connectivity index (χ0n) is 11.4. The Morgan fingerprint density at radius 2 is 2.00 bits per heavy atom. The van der Waals surface area contributed by atoms with Crippen molar-refractivity contribution in [2.24, 2.45) is 0 Å². The first-order valence-corrected chi connectivity index (χ1v) is 7.85. The molecule has 0 saturated heterocycles. The molecular formula is C13H15ClN2O3S. The van der Waals surface area contributed by atoms with Crippen molar-refractivity contribution < 1.29 is 12.9 Å². The van der Waals surface area contributed by atoms with E-state index >= 15 is 0 Å². The summed E-state index contributed by atoms with van der Waals surface area (Å²) >= 11 is 5.91. The fraction of sp³-hybridized carbons (Fsp3) is 0.308. The SMILES string of the molecule is Cc1ccc(Cl)cc1CNS(=O)(=O)c1c(C)noc1C. The van der Waals surface area contributed by atoms with Crippen LogP contribution in [0, 0.1) is 20.8 Å². The van der Waals surface area contributed by atoms with Crippen molar-refractivity contribution in [3.63, 3.8) is 0 Å². The average molecular weight is 315 g/mol. The minimum absolute atomic E-state index is 0.0946. The van der Waals surface area contributed by atoms with Crippen LogP contribution in [0.15, 0.2) is 27.6 Å². The van der Waals surface area contributed by atoms with Gasteiger partial charge in [-0.2, -0.15) is 0 Å². The highest BCUT2D eigenvalue weighted by Gasteiger charge is 2.23. The van der Waals surface area contributed by atoms with E-state index < -0.39 is 10.0 Å². The Labute approximate surface area is 123 Å². The first-order valence-electron chi connectivity index (χ1n) is 5.99. The topological polar surface area (TPSA) is 72.2 Å². The third-order valence-electron chi connectivity index (χ3n) is 3.00. The Bertz CT molecular complexity index is 719. The molecule has 2 aromatic rings. The summed E-state index contributed by atoms with van der Waals surface area (Å²) in [6.45, 7) is 5.23. The molecule has 0 atom stereocenters. The number of benzene rings is 1. The monoisotopic (exact) mass is 314 g/mol. The lowest BCUT2D eigenvalue weighted by atomic mass is 10.1. The summed E-state index contributed by atoms with van der Waals surface area (Å²) in [5, 5.41) is 4.23. The van der Waals surface area contributed by atoms with Crippen molar-refractivity contribution in [3.05, 3.63) is 45.8 Å². The highest BCUT2D eigenvalue weighted by molar-refractivity contribution is 7.89. The molecule has 1 aromatic carbocycles. The van der Waals surface area contributed by atoms with Gasteiger partial charge in [0.25, 0.3) is 0 Å². The quantitative estimate of drug-likeness (QED) is 0.941. The lowest BCUT2D eigenvalue weighted by Crippen LogP contribution is -2.24. The first-order chi connectivity index (χ1) is 9.31. The van der Waals surface area contributed by atoms with E-state index in [1.165, 1.54) is 0 Å². The van der Waals surface area contributed by atoms with Gasteiger partial charge in [-0.3, -0.25) is 0 Å². The van der Waals surface area contributed by atoms with Crippen LogP contribution in [-0.2, 0) is 16.6 Å². The number of halogens is 1. The van der Waals surface area contributed by atoms with Gasteiger partial charge in [0.15, 0.2) is 5.76 Å². The van der Waals surface area contributed by atoms with Gasteiger partial charge in [-0.15, -0.1) is 0 Å². The van der Waals surface area contributed by atoms with Crippen LogP contribution in [-0.4, -0.2) is 13.6 Å². The number of rotatable bonds is 4. The molecule has 0 aliphatic heterocycles. The van der Waals surface area contributed by atoms with Gasteiger partial charge < -0.3 is 4.52 Å². The van der Waals surface area contributed by atoms with Gasteiger partial charge in [-0.1, -0.05) is 22.8 Å². The highest BCUT2D eigenvalue weighted by atomic mass is 35.5. The third-order valence-corrected chi connectivity index (χ3v) is 4.88. The molecule has 0 radical (unpaired) electrons. The molecule has 20 heavy (non-hydrogen) atoms. The Kier molecular flexibility index (Phi) is 4.17. The van der Waals surface area contributed by atoms with E-state index in [-0.39, 0.29) is 17.2 Å². The molecule has 7 heteroatoms. The van der Waals surface area contributed by atoms with Gasteiger partial charge >= 0.3 is 0 Å². The zero-order valence-corrected chi connectivity index (χ0v) is 13.0. The number of hydrogen-bond acceptors (Lipinski definition) is 4. The van der Waals surface area contributed by atoms with Gasteiger partial charge in [0.1, 0.15) is 10.6 Å². The molecule has 0 fully saturated rings. The molecule has 0 bridgehead atoms. The lowest BCUT2D eigenvalue weighted by Gasteiger charge is -2.09. The number of sulfonamides is 1. The minimum Gasteiger partial charge on any atom is -0.360 e. The van der Waals surface area contributed by atoms with Crippen molar-refractivity contribution in [2.75, 3.05) is 0 Å². The van der Waals surface area contributed by atoms with Crippen molar-refractivity contribution in [1.82, 2.24) is 9.88 Å². The standard InChI is InChI=1S/C13H15ClN2O3S/c1-8-4-5-12(14)6-11(8)7-15-20(17,18)13-9(2)16-19-10(13)3/h4-6,15H,7H2,1-3H3. The fourth-order valence-corrected chi connectivity index (χ4v) is 3.46. The Hall–Kier alpha value is -1.37. The maximum absolute atomic E-state index is 12.3. The van der Waals surface area contributed by atoms with E-state index in [2.05, 4.69) is 9.88 Å². The van der Waals surface area contributed by atoms with Crippen LogP contribution in [0.2, 0.25) is 5.02 Å². The van der Waals surface area contributed by atoms with Crippen LogP contribution < -0.4 is 4.72 Å². The summed E-state index contributed by atoms with van der Waals surface area (Å²) in [5.41, 5.74) is 2.14. The molecule has 0 aliphatic carbocycles. The second-order valence-electron chi connectivity index (χ2n) is 4.55. The normalized spacial score (nSPS) is 11.8. The van der Waals surface area contributed by atoms with E-state index in [9.17, 15) is 8.42 Å². The number of nitrogens with zero attached hydrogens (tertiary/aromatic N) is 1. The zero-order chi connectivity index (χ0) is 14.9. The summed E-state index contributed by atoms with van der Waals surface area (Å²) in [6, 6.07) is 5.36. The van der Waals surface area contributed by atoms with Crippen LogP contribution in [0.3, 0.4) is 0 Å². The molecule has 0 unspecified atom stereocenters. The maximum Gasteiger partial charge on any atom is 0.246 e. The van der Waals surface area contributed by atoms with E-state index in [0.717, 1.165) is 11.1 Å². The first kappa shape index (κ1) is 15.0. The molecule has 108 valence electrons. The molecule has 5 nitrogen and oxygen atoms in total. The molecule has 0 spiro atoms. The molecule has 0 amide bonds. The summed E-state index contributed by atoms with van der Waals surface area (Å²) in [6.07, 6.45) is 0. The molecular weight excluding hydrogens is 300 g/mol. The average Bonchev–Trinajstić information content (AvgIpc) is 2.71. The van der Waals surface area contributed by atoms with Crippen LogP contribution >= 0.6 is 11.6 Å². The molecule has 2 rings (SSSR count). The number of nitrogens with one attached hydrogen (secondary N) is 1. The van der Waals surface area contributed by atoms with E-state index in [4.69, 9.17) is 16.1 Å². The largest absolute Gasteiger partial charge is 0.360 e. The maximum atomic E-state index is 12.3. The van der Waals surface area contributed by atoms with E-state index in [1.54, 1.807) is 26.0 Å². The molecule has 1 heterocycles.